The van der Waals surface area contributed by atoms with Gasteiger partial charge in [-0.25, -0.2) is 13.2 Å². The van der Waals surface area contributed by atoms with E-state index in [2.05, 4.69) is 5.16 Å². The van der Waals surface area contributed by atoms with Gasteiger partial charge in [-0.3, -0.25) is 0 Å². The molecule has 0 aliphatic carbocycles. The summed E-state index contributed by atoms with van der Waals surface area (Å²) in [6, 6.07) is 3.67. The number of carbonyl (C=O) groups is 1. The van der Waals surface area contributed by atoms with E-state index in [9.17, 15) is 26.4 Å². The molecular formula is C17H21F3N2O4S. The van der Waals surface area contributed by atoms with Gasteiger partial charge in [-0.05, 0) is 24.6 Å². The Balaban J connectivity index is 2.02. The molecular weight excluding hydrogens is 385 g/mol. The van der Waals surface area contributed by atoms with Crippen molar-refractivity contribution in [2.24, 2.45) is 5.16 Å². The van der Waals surface area contributed by atoms with Crippen molar-refractivity contribution in [3.63, 3.8) is 0 Å². The van der Waals surface area contributed by atoms with E-state index >= 15 is 0 Å². The van der Waals surface area contributed by atoms with Crippen LogP contribution in [0.1, 0.15) is 44.6 Å². The van der Waals surface area contributed by atoms with Gasteiger partial charge in [0.25, 0.3) is 0 Å². The first-order chi connectivity index (χ1) is 12.6. The number of hydrogen-bond donors (Lipinski definition) is 0. The van der Waals surface area contributed by atoms with Crippen LogP contribution in [0.5, 0.6) is 0 Å². The van der Waals surface area contributed by atoms with Gasteiger partial charge < -0.3 is 4.84 Å². The molecule has 2 rings (SSSR count). The van der Waals surface area contributed by atoms with Gasteiger partial charge in [0.15, 0.2) is 0 Å². The third kappa shape index (κ3) is 5.77. The Kier molecular flexibility index (Phi) is 6.99. The number of rotatable bonds is 6. The van der Waals surface area contributed by atoms with Crippen LogP contribution in [-0.2, 0) is 25.8 Å². The number of carbonyl (C=O) groups excluding carboxylic acids is 1. The molecule has 0 radical (unpaired) electrons. The van der Waals surface area contributed by atoms with Crippen molar-refractivity contribution in [3.8, 4) is 0 Å². The molecule has 1 fully saturated rings. The fourth-order valence-electron chi connectivity index (χ4n) is 2.54. The maximum Gasteiger partial charge on any atom is 0.416 e. The van der Waals surface area contributed by atoms with Crippen molar-refractivity contribution in [1.29, 1.82) is 0 Å². The van der Waals surface area contributed by atoms with Crippen LogP contribution >= 0.6 is 0 Å². The van der Waals surface area contributed by atoms with E-state index < -0.39 is 32.6 Å². The Bertz CT molecular complexity index is 797. The van der Waals surface area contributed by atoms with E-state index in [1.165, 1.54) is 0 Å². The smallest absolute Gasteiger partial charge is 0.318 e. The van der Waals surface area contributed by atoms with Crippen molar-refractivity contribution < 1.29 is 31.2 Å². The van der Waals surface area contributed by atoms with Gasteiger partial charge in [-0.2, -0.15) is 17.5 Å². The quantitative estimate of drug-likeness (QED) is 0.535. The maximum atomic E-state index is 12.8. The molecule has 0 aromatic heterocycles. The molecule has 0 N–H and O–H groups in total. The lowest BCUT2D eigenvalue weighted by Gasteiger charge is -2.26. The third-order valence-corrected chi connectivity index (χ3v) is 6.00. The molecule has 6 nitrogen and oxygen atoms in total. The lowest BCUT2D eigenvalue weighted by Crippen LogP contribution is -2.38. The first kappa shape index (κ1) is 21.4. The molecule has 10 heteroatoms. The molecule has 1 saturated heterocycles. The zero-order chi connectivity index (χ0) is 20.1. The number of alkyl halides is 3. The van der Waals surface area contributed by atoms with Crippen LogP contribution in [0, 0.1) is 0 Å². The van der Waals surface area contributed by atoms with Crippen LogP contribution < -0.4 is 0 Å². The second kappa shape index (κ2) is 8.83. The summed E-state index contributed by atoms with van der Waals surface area (Å²) < 4.78 is 64.7. The van der Waals surface area contributed by atoms with E-state index in [1.807, 2.05) is 6.92 Å². The van der Waals surface area contributed by atoms with Crippen LogP contribution in [0.4, 0.5) is 13.2 Å². The van der Waals surface area contributed by atoms with Crippen molar-refractivity contribution in [3.05, 3.63) is 29.8 Å². The molecule has 0 spiro atoms. The minimum absolute atomic E-state index is 0.0594. The highest BCUT2D eigenvalue weighted by Crippen LogP contribution is 2.31. The topological polar surface area (TPSA) is 76.0 Å². The number of sulfonamides is 1. The highest BCUT2D eigenvalue weighted by Gasteiger charge is 2.33. The molecule has 1 aromatic rings. The summed E-state index contributed by atoms with van der Waals surface area (Å²) in [6.45, 7) is 2.06. The predicted octanol–water partition coefficient (Wildman–Crippen LogP) is 3.58. The largest absolute Gasteiger partial charge is 0.416 e. The van der Waals surface area contributed by atoms with Gasteiger partial charge in [0.05, 0.1) is 16.2 Å². The second-order valence-corrected chi connectivity index (χ2v) is 8.09. The van der Waals surface area contributed by atoms with Crippen LogP contribution in [-0.4, -0.2) is 37.5 Å². The van der Waals surface area contributed by atoms with E-state index in [1.54, 1.807) is 0 Å². The third-order valence-electron chi connectivity index (χ3n) is 4.11. The fraction of sp³-hybridized carbons (Fsp3) is 0.529. The summed E-state index contributed by atoms with van der Waals surface area (Å²) in [4.78, 5) is 15.8. The Hall–Kier alpha value is -1.94. The van der Waals surface area contributed by atoms with Crippen molar-refractivity contribution >= 4 is 21.7 Å². The summed E-state index contributed by atoms with van der Waals surface area (Å²) in [6.07, 6.45) is -2.29. The Morgan fingerprint density at radius 2 is 1.93 bits per heavy atom. The lowest BCUT2D eigenvalue weighted by molar-refractivity contribution is -0.143. The number of unbranched alkanes of at least 4 members (excludes halogenated alkanes) is 1. The number of halogens is 3. The molecule has 27 heavy (non-hydrogen) atoms. The van der Waals surface area contributed by atoms with Crippen LogP contribution in [0.25, 0.3) is 0 Å². The first-order valence-corrected chi connectivity index (χ1v) is 10.0. The lowest BCUT2D eigenvalue weighted by atomic mass is 10.1. The molecule has 1 aliphatic rings. The molecule has 0 amide bonds. The minimum atomic E-state index is -4.62. The maximum absolute atomic E-state index is 12.8. The number of benzene rings is 1. The molecule has 150 valence electrons. The van der Waals surface area contributed by atoms with Crippen LogP contribution in [0.2, 0.25) is 0 Å². The van der Waals surface area contributed by atoms with Crippen LogP contribution in [0.3, 0.4) is 0 Å². The number of hydrogen-bond acceptors (Lipinski definition) is 5. The van der Waals surface area contributed by atoms with Gasteiger partial charge in [-0.1, -0.05) is 24.6 Å². The minimum Gasteiger partial charge on any atom is -0.318 e. The second-order valence-electron chi connectivity index (χ2n) is 6.15. The van der Waals surface area contributed by atoms with Crippen molar-refractivity contribution in [1.82, 2.24) is 4.31 Å². The molecule has 0 saturated carbocycles. The molecule has 1 aromatic carbocycles. The predicted molar refractivity (Wildman–Crippen MR) is 92.5 cm³/mol. The van der Waals surface area contributed by atoms with Gasteiger partial charge in [-0.15, -0.1) is 0 Å². The highest BCUT2D eigenvalue weighted by atomic mass is 32.2. The molecule has 0 atom stereocenters. The number of nitrogens with zero attached hydrogens (tertiary/aromatic N) is 2. The molecule has 0 bridgehead atoms. The molecule has 0 unspecified atom stereocenters. The SMILES string of the molecule is CCCCC(=O)ON=C1CCN(S(=O)(=O)c2cccc(C(F)(F)F)c2)CC1. The normalized spacial score (nSPS) is 16.2. The first-order valence-electron chi connectivity index (χ1n) is 8.57. The van der Waals surface area contributed by atoms with Gasteiger partial charge >= 0.3 is 12.1 Å². The standard InChI is InChI=1S/C17H21F3N2O4S/c1-2-3-7-16(23)26-21-14-8-10-22(11-9-14)27(24,25)15-6-4-5-13(12-15)17(18,19)20/h4-6,12H,2-3,7-11H2,1H3. The van der Waals surface area contributed by atoms with Gasteiger partial charge in [0.1, 0.15) is 0 Å². The van der Waals surface area contributed by atoms with Crippen molar-refractivity contribution in [2.45, 2.75) is 50.1 Å². The average molecular weight is 406 g/mol. The summed E-state index contributed by atoms with van der Waals surface area (Å²) in [7, 11) is -4.04. The Morgan fingerprint density at radius 3 is 2.52 bits per heavy atom. The molecule has 1 aliphatic heterocycles. The number of oxime groups is 1. The summed E-state index contributed by atoms with van der Waals surface area (Å²) >= 11 is 0. The monoisotopic (exact) mass is 406 g/mol. The van der Waals surface area contributed by atoms with Crippen molar-refractivity contribution in [2.75, 3.05) is 13.1 Å². The van der Waals surface area contributed by atoms with E-state index in [0.717, 1.165) is 28.9 Å². The van der Waals surface area contributed by atoms with Crippen LogP contribution in [0.15, 0.2) is 34.3 Å². The fourth-order valence-corrected chi connectivity index (χ4v) is 4.03. The zero-order valence-corrected chi connectivity index (χ0v) is 15.6. The highest BCUT2D eigenvalue weighted by molar-refractivity contribution is 7.89. The average Bonchev–Trinajstić information content (AvgIpc) is 2.64. The molecule has 1 heterocycles. The summed E-state index contributed by atoms with van der Waals surface area (Å²) in [5, 5.41) is 3.77. The zero-order valence-electron chi connectivity index (χ0n) is 14.8. The summed E-state index contributed by atoms with van der Waals surface area (Å²) in [5.74, 6) is -0.441. The number of piperidine rings is 1. The Morgan fingerprint density at radius 1 is 1.26 bits per heavy atom. The Labute approximate surface area is 156 Å². The van der Waals surface area contributed by atoms with Gasteiger partial charge in [0.2, 0.25) is 10.0 Å². The van der Waals surface area contributed by atoms with Gasteiger partial charge in [0, 0.05) is 32.4 Å². The van der Waals surface area contributed by atoms with E-state index in [0.29, 0.717) is 18.2 Å². The summed E-state index contributed by atoms with van der Waals surface area (Å²) in [5.41, 5.74) is -0.461. The van der Waals surface area contributed by atoms with E-state index in [-0.39, 0.29) is 32.4 Å². The van der Waals surface area contributed by atoms with E-state index in [4.69, 9.17) is 4.84 Å².